The third kappa shape index (κ3) is 5.02. The molecule has 0 aliphatic rings. The Bertz CT molecular complexity index is 472. The zero-order valence-electron chi connectivity index (χ0n) is 12.4. The van der Waals surface area contributed by atoms with Crippen LogP contribution in [0.3, 0.4) is 0 Å². The first-order valence-corrected chi connectivity index (χ1v) is 6.93. The molecule has 20 heavy (non-hydrogen) atoms. The highest BCUT2D eigenvalue weighted by Crippen LogP contribution is 2.24. The molecule has 2 N–H and O–H groups in total. The standard InChI is InChI=1S/C15H22ClNO3/c1-10(18)8-15(2,3)9-17-14(19)12-6-5-11(16)7-13(12)20-4/h5-7,10,18H,8-9H2,1-4H3,(H,17,19). The van der Waals surface area contributed by atoms with Gasteiger partial charge in [-0.05, 0) is 37.0 Å². The summed E-state index contributed by atoms with van der Waals surface area (Å²) in [5, 5.41) is 12.8. The van der Waals surface area contributed by atoms with Crippen molar-refractivity contribution in [3.63, 3.8) is 0 Å². The van der Waals surface area contributed by atoms with E-state index in [1.165, 1.54) is 7.11 Å². The number of methoxy groups -OCH3 is 1. The van der Waals surface area contributed by atoms with Crippen molar-refractivity contribution in [1.29, 1.82) is 0 Å². The lowest BCUT2D eigenvalue weighted by atomic mass is 9.87. The molecule has 0 bridgehead atoms. The number of carbonyl (C=O) groups excluding carboxylic acids is 1. The lowest BCUT2D eigenvalue weighted by Crippen LogP contribution is -2.35. The molecule has 1 aromatic carbocycles. The molecular formula is C15H22ClNO3. The molecule has 0 saturated heterocycles. The summed E-state index contributed by atoms with van der Waals surface area (Å²) >= 11 is 5.87. The van der Waals surface area contributed by atoms with Gasteiger partial charge in [-0.2, -0.15) is 0 Å². The Labute approximate surface area is 125 Å². The number of hydrogen-bond acceptors (Lipinski definition) is 3. The normalized spacial score (nSPS) is 12.9. The summed E-state index contributed by atoms with van der Waals surface area (Å²) in [6.45, 7) is 6.21. The van der Waals surface area contributed by atoms with E-state index in [0.29, 0.717) is 29.3 Å². The molecule has 0 aromatic heterocycles. The monoisotopic (exact) mass is 299 g/mol. The van der Waals surface area contributed by atoms with E-state index in [4.69, 9.17) is 16.3 Å². The van der Waals surface area contributed by atoms with E-state index in [1.807, 2.05) is 13.8 Å². The molecule has 0 saturated carbocycles. The maximum atomic E-state index is 12.2. The van der Waals surface area contributed by atoms with Crippen LogP contribution in [0.2, 0.25) is 5.02 Å². The molecule has 1 unspecified atom stereocenters. The first-order chi connectivity index (χ1) is 9.25. The van der Waals surface area contributed by atoms with Crippen molar-refractivity contribution < 1.29 is 14.6 Å². The van der Waals surface area contributed by atoms with E-state index in [-0.39, 0.29) is 11.3 Å². The number of aliphatic hydroxyl groups excluding tert-OH is 1. The van der Waals surface area contributed by atoms with Gasteiger partial charge < -0.3 is 15.2 Å². The van der Waals surface area contributed by atoms with Crippen molar-refractivity contribution in [3.8, 4) is 5.75 Å². The third-order valence-electron chi connectivity index (χ3n) is 2.98. The lowest BCUT2D eigenvalue weighted by Gasteiger charge is -2.26. The highest BCUT2D eigenvalue weighted by atomic mass is 35.5. The second kappa shape index (κ2) is 6.95. The van der Waals surface area contributed by atoms with E-state index in [0.717, 1.165) is 0 Å². The van der Waals surface area contributed by atoms with Crippen LogP contribution in [-0.2, 0) is 0 Å². The molecular weight excluding hydrogens is 278 g/mol. The van der Waals surface area contributed by atoms with Gasteiger partial charge in [0.1, 0.15) is 5.75 Å². The van der Waals surface area contributed by atoms with Crippen molar-refractivity contribution in [2.45, 2.75) is 33.3 Å². The van der Waals surface area contributed by atoms with Gasteiger partial charge in [-0.1, -0.05) is 25.4 Å². The van der Waals surface area contributed by atoms with Gasteiger partial charge in [0.05, 0.1) is 18.8 Å². The summed E-state index contributed by atoms with van der Waals surface area (Å²) in [6, 6.07) is 4.90. The zero-order chi connectivity index (χ0) is 15.3. The highest BCUT2D eigenvalue weighted by molar-refractivity contribution is 6.30. The fourth-order valence-electron chi connectivity index (χ4n) is 2.14. The van der Waals surface area contributed by atoms with Crippen LogP contribution in [-0.4, -0.2) is 30.8 Å². The van der Waals surface area contributed by atoms with Gasteiger partial charge in [0.15, 0.2) is 0 Å². The van der Waals surface area contributed by atoms with Crippen LogP contribution in [0, 0.1) is 5.41 Å². The van der Waals surface area contributed by atoms with E-state index in [9.17, 15) is 9.90 Å². The van der Waals surface area contributed by atoms with Crippen molar-refractivity contribution in [2.24, 2.45) is 5.41 Å². The van der Waals surface area contributed by atoms with E-state index in [1.54, 1.807) is 25.1 Å². The minimum Gasteiger partial charge on any atom is -0.496 e. The maximum absolute atomic E-state index is 12.2. The predicted octanol–water partition coefficient (Wildman–Crippen LogP) is 2.88. The Morgan fingerprint density at radius 2 is 2.15 bits per heavy atom. The number of rotatable bonds is 6. The zero-order valence-corrected chi connectivity index (χ0v) is 13.1. The van der Waals surface area contributed by atoms with Crippen LogP contribution < -0.4 is 10.1 Å². The summed E-state index contributed by atoms with van der Waals surface area (Å²) in [5.74, 6) is 0.237. The smallest absolute Gasteiger partial charge is 0.255 e. The SMILES string of the molecule is COc1cc(Cl)ccc1C(=O)NCC(C)(C)CC(C)O. The van der Waals surface area contributed by atoms with Gasteiger partial charge in [0.2, 0.25) is 0 Å². The number of aliphatic hydroxyl groups is 1. The Balaban J connectivity index is 2.72. The Kier molecular flexibility index (Phi) is 5.84. The minimum absolute atomic E-state index is 0.177. The van der Waals surface area contributed by atoms with E-state index >= 15 is 0 Å². The Morgan fingerprint density at radius 1 is 1.50 bits per heavy atom. The Hall–Kier alpha value is -1.26. The number of amides is 1. The number of benzene rings is 1. The first kappa shape index (κ1) is 16.8. The van der Waals surface area contributed by atoms with Crippen LogP contribution in [0.25, 0.3) is 0 Å². The van der Waals surface area contributed by atoms with Crippen molar-refractivity contribution in [3.05, 3.63) is 28.8 Å². The van der Waals surface area contributed by atoms with E-state index < -0.39 is 6.10 Å². The predicted molar refractivity (Wildman–Crippen MR) is 80.4 cm³/mol. The van der Waals surface area contributed by atoms with Gasteiger partial charge >= 0.3 is 0 Å². The number of carbonyl (C=O) groups is 1. The maximum Gasteiger partial charge on any atom is 0.255 e. The molecule has 0 aliphatic carbocycles. The first-order valence-electron chi connectivity index (χ1n) is 6.55. The minimum atomic E-state index is -0.396. The molecule has 0 heterocycles. The van der Waals surface area contributed by atoms with Gasteiger partial charge in [-0.3, -0.25) is 4.79 Å². The van der Waals surface area contributed by atoms with Crippen LogP contribution >= 0.6 is 11.6 Å². The average molecular weight is 300 g/mol. The van der Waals surface area contributed by atoms with Crippen LogP contribution in [0.4, 0.5) is 0 Å². The molecule has 1 atom stereocenters. The average Bonchev–Trinajstić information content (AvgIpc) is 2.34. The molecule has 112 valence electrons. The van der Waals surface area contributed by atoms with Gasteiger partial charge in [0, 0.05) is 11.6 Å². The van der Waals surface area contributed by atoms with Crippen molar-refractivity contribution in [1.82, 2.24) is 5.32 Å². The number of halogens is 1. The van der Waals surface area contributed by atoms with Crippen LogP contribution in [0.5, 0.6) is 5.75 Å². The molecule has 4 nitrogen and oxygen atoms in total. The van der Waals surface area contributed by atoms with Gasteiger partial charge in [-0.15, -0.1) is 0 Å². The lowest BCUT2D eigenvalue weighted by molar-refractivity contribution is 0.0899. The summed E-state index contributed by atoms with van der Waals surface area (Å²) in [7, 11) is 1.50. The van der Waals surface area contributed by atoms with Crippen molar-refractivity contribution >= 4 is 17.5 Å². The van der Waals surface area contributed by atoms with Crippen LogP contribution in [0.1, 0.15) is 37.6 Å². The molecule has 5 heteroatoms. The molecule has 0 spiro atoms. The number of hydrogen-bond donors (Lipinski definition) is 2. The molecule has 1 rings (SSSR count). The largest absolute Gasteiger partial charge is 0.496 e. The number of ether oxygens (including phenoxy) is 1. The fraction of sp³-hybridized carbons (Fsp3) is 0.533. The van der Waals surface area contributed by atoms with Gasteiger partial charge in [0.25, 0.3) is 5.91 Å². The quantitative estimate of drug-likeness (QED) is 0.849. The summed E-state index contributed by atoms with van der Waals surface area (Å²) < 4.78 is 5.16. The summed E-state index contributed by atoms with van der Waals surface area (Å²) in [6.07, 6.45) is 0.220. The Morgan fingerprint density at radius 3 is 2.70 bits per heavy atom. The molecule has 0 radical (unpaired) electrons. The second-order valence-corrected chi connectivity index (χ2v) is 6.18. The fourth-order valence-corrected chi connectivity index (χ4v) is 2.30. The summed E-state index contributed by atoms with van der Waals surface area (Å²) in [4.78, 5) is 12.2. The molecule has 1 amide bonds. The molecule has 0 aliphatic heterocycles. The van der Waals surface area contributed by atoms with Crippen LogP contribution in [0.15, 0.2) is 18.2 Å². The highest BCUT2D eigenvalue weighted by Gasteiger charge is 2.22. The topological polar surface area (TPSA) is 58.6 Å². The van der Waals surface area contributed by atoms with Gasteiger partial charge in [-0.25, -0.2) is 0 Å². The third-order valence-corrected chi connectivity index (χ3v) is 3.22. The summed E-state index contributed by atoms with van der Waals surface area (Å²) in [5.41, 5.74) is 0.272. The molecule has 1 aromatic rings. The van der Waals surface area contributed by atoms with Crippen molar-refractivity contribution in [2.75, 3.05) is 13.7 Å². The van der Waals surface area contributed by atoms with E-state index in [2.05, 4.69) is 5.32 Å². The number of nitrogens with one attached hydrogen (secondary N) is 1. The molecule has 0 fully saturated rings. The second-order valence-electron chi connectivity index (χ2n) is 5.74.